The molecular weight excluding hydrogens is 769 g/mol. The Labute approximate surface area is 372 Å². The van der Waals surface area contributed by atoms with E-state index in [0.29, 0.717) is 36.4 Å². The molecule has 346 valence electrons. The minimum absolute atomic E-state index is 0.188. The Morgan fingerprint density at radius 3 is 1.28 bits per heavy atom. The van der Waals surface area contributed by atoms with Gasteiger partial charge >= 0.3 is 12.1 Å². The highest BCUT2D eigenvalue weighted by atomic mass is 32.1. The average molecular weight is 859 g/mol. The number of unbranched alkanes of at least 4 members (excludes halogenated alkanes) is 28. The van der Waals surface area contributed by atoms with Crippen LogP contribution in [0.25, 0.3) is 0 Å². The number of anilines is 1. The van der Waals surface area contributed by atoms with Gasteiger partial charge in [0.2, 0.25) is 11.8 Å². The zero-order valence-electron chi connectivity index (χ0n) is 39.7. The monoisotopic (exact) mass is 859 g/mol. The van der Waals surface area contributed by atoms with Crippen molar-refractivity contribution in [3.63, 3.8) is 0 Å². The second-order valence-electron chi connectivity index (χ2n) is 18.6. The summed E-state index contributed by atoms with van der Waals surface area (Å²) in [6.45, 7) is 12.7. The van der Waals surface area contributed by atoms with Crippen molar-refractivity contribution in [2.45, 2.75) is 266 Å². The molecule has 1 aliphatic rings. The lowest BCUT2D eigenvalue weighted by atomic mass is 10.0. The van der Waals surface area contributed by atoms with E-state index in [4.69, 9.17) is 9.47 Å². The van der Waals surface area contributed by atoms with Crippen LogP contribution in [0.4, 0.5) is 9.80 Å². The van der Waals surface area contributed by atoms with Gasteiger partial charge in [0.05, 0.1) is 18.7 Å². The molecule has 0 fully saturated rings. The van der Waals surface area contributed by atoms with E-state index in [1.165, 1.54) is 170 Å². The molecule has 0 aliphatic carbocycles. The summed E-state index contributed by atoms with van der Waals surface area (Å²) in [5.41, 5.74) is 0.456. The molecule has 2 heterocycles. The number of nitrogens with zero attached hydrogens (tertiary/aromatic N) is 2. The molecule has 3 amide bonds. The fourth-order valence-corrected chi connectivity index (χ4v) is 9.71. The summed E-state index contributed by atoms with van der Waals surface area (Å²) in [6.07, 6.45) is 37.8. The van der Waals surface area contributed by atoms with Crippen LogP contribution in [0.3, 0.4) is 0 Å². The molecule has 1 aromatic heterocycles. The summed E-state index contributed by atoms with van der Waals surface area (Å²) in [6, 6.07) is 0. The number of hydrogen-bond donors (Lipinski definition) is 0. The summed E-state index contributed by atoms with van der Waals surface area (Å²) in [5, 5.41) is 0.362. The summed E-state index contributed by atoms with van der Waals surface area (Å²) in [4.78, 5) is 58.7. The first-order chi connectivity index (χ1) is 29.0. The number of rotatable bonds is 35. The van der Waals surface area contributed by atoms with Gasteiger partial charge in [0, 0.05) is 24.3 Å². The molecule has 2 rings (SSSR count). The Morgan fingerprint density at radius 2 is 0.933 bits per heavy atom. The largest absolute Gasteiger partial charge is 0.462 e. The van der Waals surface area contributed by atoms with Gasteiger partial charge in [-0.2, -0.15) is 0 Å². The maximum absolute atomic E-state index is 14.1. The molecule has 0 atom stereocenters. The van der Waals surface area contributed by atoms with Crippen LogP contribution < -0.4 is 4.90 Å². The van der Waals surface area contributed by atoms with Crippen molar-refractivity contribution in [1.82, 2.24) is 4.90 Å². The Balaban J connectivity index is 1.97. The Kier molecular flexibility index (Phi) is 29.7. The molecule has 0 unspecified atom stereocenters. The van der Waals surface area contributed by atoms with Gasteiger partial charge in [-0.25, -0.2) is 14.5 Å². The molecule has 1 aromatic rings. The van der Waals surface area contributed by atoms with Crippen molar-refractivity contribution < 1.29 is 28.7 Å². The zero-order valence-corrected chi connectivity index (χ0v) is 40.5. The lowest BCUT2D eigenvalue weighted by Crippen LogP contribution is -2.39. The summed E-state index contributed by atoms with van der Waals surface area (Å²) >= 11 is 1.28. The van der Waals surface area contributed by atoms with Crippen molar-refractivity contribution in [2.24, 2.45) is 0 Å². The molecule has 0 bridgehead atoms. The third kappa shape index (κ3) is 23.1. The second kappa shape index (κ2) is 33.2. The van der Waals surface area contributed by atoms with Crippen LogP contribution in [0.1, 0.15) is 268 Å². The summed E-state index contributed by atoms with van der Waals surface area (Å²) in [5.74, 6) is -1.01. The van der Waals surface area contributed by atoms with Gasteiger partial charge in [0.1, 0.15) is 10.6 Å². The van der Waals surface area contributed by atoms with Crippen molar-refractivity contribution in [3.8, 4) is 0 Å². The van der Waals surface area contributed by atoms with Crippen LogP contribution in [-0.2, 0) is 32.0 Å². The van der Waals surface area contributed by atoms with Crippen molar-refractivity contribution in [1.29, 1.82) is 0 Å². The number of esters is 1. The van der Waals surface area contributed by atoms with Gasteiger partial charge in [-0.15, -0.1) is 11.3 Å². The first-order valence-corrected chi connectivity index (χ1v) is 26.0. The molecule has 0 aromatic carbocycles. The van der Waals surface area contributed by atoms with Gasteiger partial charge in [0.15, 0.2) is 0 Å². The standard InChI is InChI=1S/C51H90N2O6S/c1-7-10-12-14-16-18-20-22-24-26-28-30-32-34-36-38-45(54)53(46(55)39-37-35-33-31-29-27-25-23-21-19-17-15-13-11-8-2)48-47(49(56)58-9-3)43-40-41-52(42-44(43)60-48)50(57)59-51(4,5)6/h7-42H2,1-6H3. The normalized spacial score (nSPS) is 12.7. The SMILES string of the molecule is CCCCCCCCCCCCCCCCCC(=O)N(C(=O)CCCCCCCCCCCCCCCCC)c1sc2c(c1C(=O)OCC)CCN(C(=O)OC(C)(C)C)C2. The number of ether oxygens (including phenoxy) is 2. The minimum Gasteiger partial charge on any atom is -0.462 e. The van der Waals surface area contributed by atoms with Crippen molar-refractivity contribution >= 4 is 40.2 Å². The van der Waals surface area contributed by atoms with Crippen LogP contribution in [0.5, 0.6) is 0 Å². The average Bonchev–Trinajstić information content (AvgIpc) is 3.58. The van der Waals surface area contributed by atoms with Crippen LogP contribution in [0.15, 0.2) is 0 Å². The third-order valence-corrected chi connectivity index (χ3v) is 13.1. The highest BCUT2D eigenvalue weighted by molar-refractivity contribution is 7.17. The van der Waals surface area contributed by atoms with Crippen LogP contribution >= 0.6 is 11.3 Å². The summed E-state index contributed by atoms with van der Waals surface area (Å²) < 4.78 is 11.2. The number of carbonyl (C=O) groups is 4. The van der Waals surface area contributed by atoms with E-state index in [1.807, 2.05) is 20.8 Å². The van der Waals surface area contributed by atoms with Gasteiger partial charge in [-0.3, -0.25) is 9.59 Å². The van der Waals surface area contributed by atoms with E-state index < -0.39 is 17.7 Å². The maximum atomic E-state index is 14.1. The molecule has 0 saturated carbocycles. The molecule has 0 saturated heterocycles. The van der Waals surface area contributed by atoms with E-state index in [2.05, 4.69) is 13.8 Å². The van der Waals surface area contributed by atoms with Gasteiger partial charge in [-0.1, -0.05) is 194 Å². The van der Waals surface area contributed by atoms with Gasteiger partial charge < -0.3 is 14.4 Å². The number of fused-ring (bicyclic) bond motifs is 1. The number of amides is 3. The zero-order chi connectivity index (χ0) is 43.9. The van der Waals surface area contributed by atoms with Crippen LogP contribution in [0.2, 0.25) is 0 Å². The Morgan fingerprint density at radius 1 is 0.567 bits per heavy atom. The number of imide groups is 1. The molecular formula is C51H90N2O6S. The second-order valence-corrected chi connectivity index (χ2v) is 19.7. The van der Waals surface area contributed by atoms with E-state index >= 15 is 0 Å². The molecule has 1 aliphatic heterocycles. The topological polar surface area (TPSA) is 93.2 Å². The Bertz CT molecular complexity index is 1270. The fraction of sp³-hybridized carbons (Fsp3) is 0.843. The first-order valence-electron chi connectivity index (χ1n) is 25.2. The van der Waals surface area contributed by atoms with Crippen LogP contribution in [0, 0.1) is 0 Å². The van der Waals surface area contributed by atoms with E-state index in [9.17, 15) is 19.2 Å². The maximum Gasteiger partial charge on any atom is 0.410 e. The van der Waals surface area contributed by atoms with Crippen LogP contribution in [-0.4, -0.2) is 47.5 Å². The Hall–Kier alpha value is -2.42. The number of thiophene rings is 1. The minimum atomic E-state index is -0.635. The quantitative estimate of drug-likeness (QED) is 0.0498. The third-order valence-electron chi connectivity index (χ3n) is 11.9. The molecule has 0 spiro atoms. The van der Waals surface area contributed by atoms with Crippen molar-refractivity contribution in [2.75, 3.05) is 18.1 Å². The van der Waals surface area contributed by atoms with E-state index in [1.54, 1.807) is 11.8 Å². The van der Waals surface area contributed by atoms with Gasteiger partial charge in [0.25, 0.3) is 0 Å². The predicted octanol–water partition coefficient (Wildman–Crippen LogP) is 15.6. The van der Waals surface area contributed by atoms with Crippen molar-refractivity contribution in [3.05, 3.63) is 16.0 Å². The number of hydrogen-bond acceptors (Lipinski definition) is 7. The predicted molar refractivity (Wildman–Crippen MR) is 252 cm³/mol. The van der Waals surface area contributed by atoms with E-state index in [-0.39, 0.29) is 37.8 Å². The summed E-state index contributed by atoms with van der Waals surface area (Å²) in [7, 11) is 0. The van der Waals surface area contributed by atoms with Gasteiger partial charge in [-0.05, 0) is 52.5 Å². The highest BCUT2D eigenvalue weighted by Crippen LogP contribution is 2.41. The fourth-order valence-electron chi connectivity index (χ4n) is 8.33. The molecule has 60 heavy (non-hydrogen) atoms. The molecule has 8 nitrogen and oxygen atoms in total. The number of carbonyl (C=O) groups excluding carboxylic acids is 4. The van der Waals surface area contributed by atoms with E-state index in [0.717, 1.165) is 36.1 Å². The molecule has 9 heteroatoms. The first kappa shape index (κ1) is 53.7. The lowest BCUT2D eigenvalue weighted by Gasteiger charge is -2.30. The highest BCUT2D eigenvalue weighted by Gasteiger charge is 2.37. The molecule has 0 N–H and O–H groups in total. The smallest absolute Gasteiger partial charge is 0.410 e. The molecule has 0 radical (unpaired) electrons. The lowest BCUT2D eigenvalue weighted by molar-refractivity contribution is -0.126.